The Morgan fingerprint density at radius 1 is 1.42 bits per heavy atom. The van der Waals surface area contributed by atoms with E-state index in [1.807, 2.05) is 23.1 Å². The number of aryl methyl sites for hydroxylation is 1. The molecule has 3 heteroatoms. The van der Waals surface area contributed by atoms with E-state index in [1.54, 1.807) is 0 Å². The molecule has 3 unspecified atom stereocenters. The molecule has 0 aromatic carbocycles. The van der Waals surface area contributed by atoms with E-state index in [-0.39, 0.29) is 6.10 Å². The van der Waals surface area contributed by atoms with Crippen molar-refractivity contribution in [2.75, 3.05) is 5.75 Å². The van der Waals surface area contributed by atoms with E-state index in [9.17, 15) is 5.11 Å². The third-order valence-electron chi connectivity index (χ3n) is 4.79. The molecule has 2 aliphatic rings. The van der Waals surface area contributed by atoms with Gasteiger partial charge in [0.1, 0.15) is 0 Å². The molecule has 1 N–H and O–H groups in total. The summed E-state index contributed by atoms with van der Waals surface area (Å²) in [5.41, 5.74) is 1.50. The van der Waals surface area contributed by atoms with Gasteiger partial charge in [0.05, 0.1) is 6.10 Å². The summed E-state index contributed by atoms with van der Waals surface area (Å²) in [6.07, 6.45) is 7.41. The first kappa shape index (κ1) is 14.0. The topological polar surface area (TPSA) is 20.2 Å². The van der Waals surface area contributed by atoms with Gasteiger partial charge < -0.3 is 5.11 Å². The van der Waals surface area contributed by atoms with Crippen molar-refractivity contribution in [1.82, 2.24) is 0 Å². The fourth-order valence-corrected chi connectivity index (χ4v) is 5.99. The predicted octanol–water partition coefficient (Wildman–Crippen LogP) is 4.79. The van der Waals surface area contributed by atoms with E-state index >= 15 is 0 Å². The predicted molar refractivity (Wildman–Crippen MR) is 84.9 cm³/mol. The molecular formula is C16H24OS2. The van der Waals surface area contributed by atoms with Crippen LogP contribution in [0.5, 0.6) is 0 Å². The second-order valence-corrected chi connectivity index (χ2v) is 8.32. The third-order valence-corrected chi connectivity index (χ3v) is 7.10. The molecule has 0 spiro atoms. The molecule has 0 amide bonds. The average molecular weight is 297 g/mol. The van der Waals surface area contributed by atoms with Crippen molar-refractivity contribution >= 4 is 23.1 Å². The Balaban J connectivity index is 1.72. The van der Waals surface area contributed by atoms with Crippen LogP contribution in [0.4, 0.5) is 0 Å². The van der Waals surface area contributed by atoms with Gasteiger partial charge in [0, 0.05) is 15.5 Å². The van der Waals surface area contributed by atoms with Gasteiger partial charge in [-0.05, 0) is 48.5 Å². The number of aliphatic hydroxyl groups is 1. The Hall–Kier alpha value is 0.01000. The molecule has 1 aromatic heterocycles. The highest BCUT2D eigenvalue weighted by Crippen LogP contribution is 2.42. The average Bonchev–Trinajstić information content (AvgIpc) is 2.90. The van der Waals surface area contributed by atoms with Gasteiger partial charge in [-0.2, -0.15) is 11.8 Å². The number of thiophene rings is 1. The number of aliphatic hydroxyl groups excluding tert-OH is 1. The summed E-state index contributed by atoms with van der Waals surface area (Å²) in [7, 11) is 0. The van der Waals surface area contributed by atoms with Crippen LogP contribution in [0.25, 0.3) is 0 Å². The molecule has 0 radical (unpaired) electrons. The first-order valence-electron chi connectivity index (χ1n) is 7.65. The Kier molecular flexibility index (Phi) is 4.55. The van der Waals surface area contributed by atoms with E-state index in [2.05, 4.69) is 13.0 Å². The molecule has 2 heterocycles. The second-order valence-electron chi connectivity index (χ2n) is 6.05. The summed E-state index contributed by atoms with van der Waals surface area (Å²) >= 11 is 3.91. The quantitative estimate of drug-likeness (QED) is 0.865. The Morgan fingerprint density at radius 3 is 3.11 bits per heavy atom. The molecule has 1 aliphatic carbocycles. The van der Waals surface area contributed by atoms with Crippen molar-refractivity contribution in [2.45, 2.75) is 57.3 Å². The molecule has 3 atom stereocenters. The van der Waals surface area contributed by atoms with Gasteiger partial charge in [-0.25, -0.2) is 0 Å². The monoisotopic (exact) mass is 296 g/mol. The van der Waals surface area contributed by atoms with Gasteiger partial charge in [-0.3, -0.25) is 0 Å². The van der Waals surface area contributed by atoms with Gasteiger partial charge in [0.2, 0.25) is 0 Å². The zero-order chi connectivity index (χ0) is 13.2. The molecule has 0 saturated heterocycles. The zero-order valence-corrected chi connectivity index (χ0v) is 13.4. The standard InChI is InChI=1S/C16H24OS2/c1-2-11-4-3-5-12(8-11)16(17)15-9-13-10-18-7-6-14(13)19-15/h9,11-12,16-17H,2-8,10H2,1H3. The lowest BCUT2D eigenvalue weighted by Gasteiger charge is -2.31. The van der Waals surface area contributed by atoms with Gasteiger partial charge in [0.25, 0.3) is 0 Å². The van der Waals surface area contributed by atoms with E-state index < -0.39 is 0 Å². The van der Waals surface area contributed by atoms with Crippen molar-refractivity contribution in [1.29, 1.82) is 0 Å². The van der Waals surface area contributed by atoms with Crippen molar-refractivity contribution in [3.05, 3.63) is 21.4 Å². The number of hydrogen-bond donors (Lipinski definition) is 1. The van der Waals surface area contributed by atoms with Crippen LogP contribution in [0, 0.1) is 11.8 Å². The minimum atomic E-state index is -0.199. The van der Waals surface area contributed by atoms with E-state index in [1.165, 1.54) is 59.6 Å². The lowest BCUT2D eigenvalue weighted by Crippen LogP contribution is -2.20. The minimum absolute atomic E-state index is 0.199. The fourth-order valence-electron chi connectivity index (χ4n) is 3.54. The molecule has 106 valence electrons. The largest absolute Gasteiger partial charge is 0.387 e. The van der Waals surface area contributed by atoms with Crippen LogP contribution in [-0.2, 0) is 12.2 Å². The molecule has 1 aliphatic heterocycles. The Bertz CT molecular complexity index is 403. The van der Waals surface area contributed by atoms with Crippen molar-refractivity contribution in [3.63, 3.8) is 0 Å². The van der Waals surface area contributed by atoms with Crippen molar-refractivity contribution in [3.8, 4) is 0 Å². The number of hydrogen-bond acceptors (Lipinski definition) is 3. The molecule has 1 fully saturated rings. The molecule has 1 aromatic rings. The highest BCUT2D eigenvalue weighted by molar-refractivity contribution is 7.98. The summed E-state index contributed by atoms with van der Waals surface area (Å²) in [5.74, 6) is 3.76. The maximum absolute atomic E-state index is 10.7. The number of fused-ring (bicyclic) bond motifs is 1. The zero-order valence-electron chi connectivity index (χ0n) is 11.7. The highest BCUT2D eigenvalue weighted by Gasteiger charge is 2.29. The van der Waals surface area contributed by atoms with Crippen LogP contribution < -0.4 is 0 Å². The summed E-state index contributed by atoms with van der Waals surface area (Å²) < 4.78 is 0. The smallest absolute Gasteiger partial charge is 0.0910 e. The van der Waals surface area contributed by atoms with Crippen LogP contribution in [0.3, 0.4) is 0 Å². The Labute approximate surface area is 124 Å². The second kappa shape index (κ2) is 6.19. The lowest BCUT2D eigenvalue weighted by molar-refractivity contribution is 0.0705. The molecule has 0 bridgehead atoms. The molecule has 3 rings (SSSR count). The van der Waals surface area contributed by atoms with Crippen LogP contribution in [0.2, 0.25) is 0 Å². The van der Waals surface area contributed by atoms with Crippen LogP contribution in [0.15, 0.2) is 6.07 Å². The minimum Gasteiger partial charge on any atom is -0.387 e. The first-order valence-corrected chi connectivity index (χ1v) is 9.62. The fraction of sp³-hybridized carbons (Fsp3) is 0.750. The number of thioether (sulfide) groups is 1. The number of rotatable bonds is 3. The summed E-state index contributed by atoms with van der Waals surface area (Å²) in [6, 6.07) is 2.30. The summed E-state index contributed by atoms with van der Waals surface area (Å²) in [4.78, 5) is 2.78. The normalized spacial score (nSPS) is 28.9. The van der Waals surface area contributed by atoms with E-state index in [4.69, 9.17) is 0 Å². The van der Waals surface area contributed by atoms with Crippen molar-refractivity contribution < 1.29 is 5.11 Å². The maximum Gasteiger partial charge on any atom is 0.0910 e. The highest BCUT2D eigenvalue weighted by atomic mass is 32.2. The molecular weight excluding hydrogens is 272 g/mol. The maximum atomic E-state index is 10.7. The van der Waals surface area contributed by atoms with Gasteiger partial charge in [0.15, 0.2) is 0 Å². The van der Waals surface area contributed by atoms with Crippen LogP contribution in [-0.4, -0.2) is 10.9 Å². The molecule has 19 heavy (non-hydrogen) atoms. The summed E-state index contributed by atoms with van der Waals surface area (Å²) in [6.45, 7) is 2.29. The first-order chi connectivity index (χ1) is 9.28. The van der Waals surface area contributed by atoms with Gasteiger partial charge in [-0.15, -0.1) is 11.3 Å². The summed E-state index contributed by atoms with van der Waals surface area (Å²) in [5, 5.41) is 10.7. The SMILES string of the molecule is CCC1CCCC(C(O)c2cc3c(s2)CCSC3)C1. The van der Waals surface area contributed by atoms with Gasteiger partial charge >= 0.3 is 0 Å². The Morgan fingerprint density at radius 2 is 2.32 bits per heavy atom. The third kappa shape index (κ3) is 3.03. The lowest BCUT2D eigenvalue weighted by atomic mass is 9.77. The van der Waals surface area contributed by atoms with Crippen molar-refractivity contribution in [2.24, 2.45) is 11.8 Å². The van der Waals surface area contributed by atoms with Gasteiger partial charge in [-0.1, -0.05) is 26.2 Å². The molecule has 1 nitrogen and oxygen atoms in total. The van der Waals surface area contributed by atoms with Crippen LogP contribution in [0.1, 0.15) is 60.4 Å². The van der Waals surface area contributed by atoms with E-state index in [0.717, 1.165) is 11.7 Å². The van der Waals surface area contributed by atoms with E-state index in [0.29, 0.717) is 5.92 Å². The molecule has 1 saturated carbocycles. The van der Waals surface area contributed by atoms with Crippen LogP contribution >= 0.6 is 23.1 Å².